The van der Waals surface area contributed by atoms with Crippen LogP contribution in [0.15, 0.2) is 54.6 Å². The van der Waals surface area contributed by atoms with Gasteiger partial charge in [0.25, 0.3) is 5.69 Å². The summed E-state index contributed by atoms with van der Waals surface area (Å²) in [6, 6.07) is 15.8. The number of benzene rings is 2. The second-order valence-electron chi connectivity index (χ2n) is 4.98. The molecule has 0 spiro atoms. The highest BCUT2D eigenvalue weighted by molar-refractivity contribution is 5.36. The molecule has 0 radical (unpaired) electrons. The molecule has 5 heteroatoms. The maximum atomic E-state index is 10.6. The van der Waals surface area contributed by atoms with Gasteiger partial charge in [0.1, 0.15) is 11.5 Å². The van der Waals surface area contributed by atoms with Crippen molar-refractivity contribution in [2.75, 3.05) is 6.61 Å². The van der Waals surface area contributed by atoms with E-state index in [0.717, 1.165) is 18.6 Å². The van der Waals surface area contributed by atoms with Crippen LogP contribution in [-0.2, 0) is 0 Å². The number of nitro groups is 1. The Bertz CT molecular complexity index is 583. The Hall–Kier alpha value is -2.56. The Kier molecular flexibility index (Phi) is 5.77. The molecule has 1 unspecified atom stereocenters. The van der Waals surface area contributed by atoms with Crippen LogP contribution in [-0.4, -0.2) is 17.6 Å². The van der Waals surface area contributed by atoms with Crippen LogP contribution in [0.5, 0.6) is 11.5 Å². The van der Waals surface area contributed by atoms with E-state index in [1.54, 1.807) is 12.1 Å². The summed E-state index contributed by atoms with van der Waals surface area (Å²) >= 11 is 0. The van der Waals surface area contributed by atoms with Gasteiger partial charge in [-0.3, -0.25) is 10.1 Å². The minimum atomic E-state index is -0.422. The maximum Gasteiger partial charge on any atom is 0.269 e. The second-order valence-corrected chi connectivity index (χ2v) is 4.98. The number of nitro benzene ring substituents is 1. The summed E-state index contributed by atoms with van der Waals surface area (Å²) in [5.74, 6) is 1.51. The quantitative estimate of drug-likeness (QED) is 0.416. The number of nitrogens with zero attached hydrogens (tertiary/aromatic N) is 1. The first-order chi connectivity index (χ1) is 10.6. The fourth-order valence-corrected chi connectivity index (χ4v) is 2.02. The van der Waals surface area contributed by atoms with Gasteiger partial charge in [0.15, 0.2) is 0 Å². The van der Waals surface area contributed by atoms with Gasteiger partial charge in [-0.05, 0) is 44.0 Å². The average Bonchev–Trinajstić information content (AvgIpc) is 2.53. The molecule has 22 heavy (non-hydrogen) atoms. The first kappa shape index (κ1) is 15.8. The summed E-state index contributed by atoms with van der Waals surface area (Å²) in [6.45, 7) is 2.61. The van der Waals surface area contributed by atoms with Gasteiger partial charge in [-0.2, -0.15) is 0 Å². The first-order valence-corrected chi connectivity index (χ1v) is 7.24. The highest BCUT2D eigenvalue weighted by Crippen LogP contribution is 2.19. The normalized spacial score (nSPS) is 11.7. The van der Waals surface area contributed by atoms with Crippen LogP contribution in [0.25, 0.3) is 0 Å². The number of hydrogen-bond acceptors (Lipinski definition) is 4. The third-order valence-electron chi connectivity index (χ3n) is 3.15. The molecule has 0 aliphatic heterocycles. The fourth-order valence-electron chi connectivity index (χ4n) is 2.02. The van der Waals surface area contributed by atoms with Crippen LogP contribution in [0.3, 0.4) is 0 Å². The molecule has 0 fully saturated rings. The Morgan fingerprint density at radius 2 is 1.73 bits per heavy atom. The lowest BCUT2D eigenvalue weighted by molar-refractivity contribution is -0.384. The molecule has 2 rings (SSSR count). The fraction of sp³-hybridized carbons (Fsp3) is 0.294. The number of hydrogen-bond donors (Lipinski definition) is 0. The summed E-state index contributed by atoms with van der Waals surface area (Å²) in [5, 5.41) is 10.6. The maximum absolute atomic E-state index is 10.6. The van der Waals surface area contributed by atoms with Crippen molar-refractivity contribution in [3.8, 4) is 11.5 Å². The van der Waals surface area contributed by atoms with E-state index in [9.17, 15) is 10.1 Å². The summed E-state index contributed by atoms with van der Waals surface area (Å²) in [4.78, 5) is 10.2. The van der Waals surface area contributed by atoms with Gasteiger partial charge < -0.3 is 9.47 Å². The average molecular weight is 301 g/mol. The van der Waals surface area contributed by atoms with E-state index < -0.39 is 4.92 Å². The largest absolute Gasteiger partial charge is 0.494 e. The van der Waals surface area contributed by atoms with Gasteiger partial charge in [0.05, 0.1) is 17.6 Å². The van der Waals surface area contributed by atoms with E-state index in [0.29, 0.717) is 12.4 Å². The number of para-hydroxylation sites is 1. The van der Waals surface area contributed by atoms with E-state index >= 15 is 0 Å². The highest BCUT2D eigenvalue weighted by atomic mass is 16.6. The molecule has 0 aromatic heterocycles. The van der Waals surface area contributed by atoms with Gasteiger partial charge in [0, 0.05) is 12.1 Å². The van der Waals surface area contributed by atoms with Crippen molar-refractivity contribution < 1.29 is 14.4 Å². The van der Waals surface area contributed by atoms with Crippen molar-refractivity contribution in [3.63, 3.8) is 0 Å². The summed E-state index contributed by atoms with van der Waals surface area (Å²) in [6.07, 6.45) is 1.76. The molecule has 0 aliphatic carbocycles. The molecular formula is C17H19NO4. The molecule has 2 aromatic carbocycles. The zero-order valence-electron chi connectivity index (χ0n) is 12.5. The summed E-state index contributed by atoms with van der Waals surface area (Å²) in [7, 11) is 0. The van der Waals surface area contributed by atoms with Crippen molar-refractivity contribution in [3.05, 3.63) is 64.7 Å². The Labute approximate surface area is 129 Å². The lowest BCUT2D eigenvalue weighted by Gasteiger charge is -2.14. The molecule has 116 valence electrons. The monoisotopic (exact) mass is 301 g/mol. The van der Waals surface area contributed by atoms with E-state index in [4.69, 9.17) is 9.47 Å². The van der Waals surface area contributed by atoms with Gasteiger partial charge in [-0.25, -0.2) is 0 Å². The smallest absolute Gasteiger partial charge is 0.269 e. The molecule has 0 saturated heterocycles. The molecule has 1 atom stereocenters. The molecular weight excluding hydrogens is 282 g/mol. The molecule has 2 aromatic rings. The summed E-state index contributed by atoms with van der Waals surface area (Å²) in [5.41, 5.74) is 0.0660. The van der Waals surface area contributed by atoms with E-state index in [1.807, 2.05) is 37.3 Å². The zero-order valence-corrected chi connectivity index (χ0v) is 12.5. The molecule has 0 amide bonds. The molecule has 0 aliphatic rings. The standard InChI is InChI=1S/C17H19NO4/c1-14(6-5-13-21-16-7-3-2-4-8-16)22-17-11-9-15(10-12-17)18(19)20/h2-4,7-12,14H,5-6,13H2,1H3. The Balaban J connectivity index is 1.69. The number of ether oxygens (including phenoxy) is 2. The van der Waals surface area contributed by atoms with Crippen molar-refractivity contribution in [2.45, 2.75) is 25.9 Å². The predicted octanol–water partition coefficient (Wildman–Crippen LogP) is 4.22. The van der Waals surface area contributed by atoms with Crippen molar-refractivity contribution in [1.29, 1.82) is 0 Å². The van der Waals surface area contributed by atoms with E-state index in [2.05, 4.69) is 0 Å². The third-order valence-corrected chi connectivity index (χ3v) is 3.15. The molecule has 0 heterocycles. The van der Waals surface area contributed by atoms with Gasteiger partial charge in [-0.15, -0.1) is 0 Å². The van der Waals surface area contributed by atoms with Crippen LogP contribution in [0.2, 0.25) is 0 Å². The van der Waals surface area contributed by atoms with Crippen molar-refractivity contribution >= 4 is 5.69 Å². The first-order valence-electron chi connectivity index (χ1n) is 7.24. The topological polar surface area (TPSA) is 61.6 Å². The molecule has 5 nitrogen and oxygen atoms in total. The van der Waals surface area contributed by atoms with Gasteiger partial charge >= 0.3 is 0 Å². The van der Waals surface area contributed by atoms with Crippen LogP contribution in [0, 0.1) is 10.1 Å². The molecule has 0 bridgehead atoms. The van der Waals surface area contributed by atoms with E-state index in [1.165, 1.54) is 12.1 Å². The van der Waals surface area contributed by atoms with Gasteiger partial charge in [-0.1, -0.05) is 18.2 Å². The number of non-ortho nitro benzene ring substituents is 1. The van der Waals surface area contributed by atoms with Crippen LogP contribution in [0.4, 0.5) is 5.69 Å². The van der Waals surface area contributed by atoms with Gasteiger partial charge in [0.2, 0.25) is 0 Å². The van der Waals surface area contributed by atoms with Crippen LogP contribution in [0.1, 0.15) is 19.8 Å². The van der Waals surface area contributed by atoms with Crippen LogP contribution >= 0.6 is 0 Å². The predicted molar refractivity (Wildman–Crippen MR) is 84.4 cm³/mol. The lowest BCUT2D eigenvalue weighted by Crippen LogP contribution is -2.13. The Morgan fingerprint density at radius 3 is 2.36 bits per heavy atom. The Morgan fingerprint density at radius 1 is 1.05 bits per heavy atom. The number of rotatable bonds is 8. The zero-order chi connectivity index (χ0) is 15.8. The third kappa shape index (κ3) is 5.09. The van der Waals surface area contributed by atoms with Crippen LogP contribution < -0.4 is 9.47 Å². The molecule has 0 N–H and O–H groups in total. The van der Waals surface area contributed by atoms with Crippen molar-refractivity contribution in [1.82, 2.24) is 0 Å². The summed E-state index contributed by atoms with van der Waals surface area (Å²) < 4.78 is 11.3. The highest BCUT2D eigenvalue weighted by Gasteiger charge is 2.07. The lowest BCUT2D eigenvalue weighted by atomic mass is 10.2. The minimum absolute atomic E-state index is 0.0285. The molecule has 0 saturated carbocycles. The SMILES string of the molecule is CC(CCCOc1ccccc1)Oc1ccc([N+](=O)[O-])cc1. The van der Waals surface area contributed by atoms with Crippen molar-refractivity contribution in [2.24, 2.45) is 0 Å². The minimum Gasteiger partial charge on any atom is -0.494 e. The second kappa shape index (κ2) is 8.02. The van der Waals surface area contributed by atoms with E-state index in [-0.39, 0.29) is 11.8 Å².